The Balaban J connectivity index is 2.12. The Morgan fingerprint density at radius 2 is 1.94 bits per heavy atom. The van der Waals surface area contributed by atoms with Gasteiger partial charge in [-0.2, -0.15) is 0 Å². The Hall–Kier alpha value is -0.130. The molecule has 0 aromatic carbocycles. The van der Waals surface area contributed by atoms with Crippen LogP contribution in [0, 0.1) is 5.92 Å². The average molecular weight is 276 g/mol. The highest BCUT2D eigenvalue weighted by Crippen LogP contribution is 2.21. The fourth-order valence-electron chi connectivity index (χ4n) is 2.24. The molecule has 0 saturated carbocycles. The van der Waals surface area contributed by atoms with Crippen molar-refractivity contribution < 1.29 is 8.42 Å². The first-order valence-corrected chi connectivity index (χ1v) is 8.64. The monoisotopic (exact) mass is 276 g/mol. The smallest absolute Gasteiger partial charge is 0.150 e. The molecule has 1 aliphatic rings. The van der Waals surface area contributed by atoms with Gasteiger partial charge in [0.15, 0.2) is 9.84 Å². The molecule has 0 radical (unpaired) electrons. The molecule has 4 nitrogen and oxygen atoms in total. The highest BCUT2D eigenvalue weighted by molar-refractivity contribution is 7.91. The van der Waals surface area contributed by atoms with E-state index in [1.165, 1.54) is 0 Å². The molecule has 0 aliphatic carbocycles. The van der Waals surface area contributed by atoms with Crippen LogP contribution in [-0.4, -0.2) is 57.0 Å². The molecule has 0 spiro atoms. The zero-order chi connectivity index (χ0) is 13.8. The summed E-state index contributed by atoms with van der Waals surface area (Å²) in [6.45, 7) is 9.47. The van der Waals surface area contributed by atoms with Crippen LogP contribution < -0.4 is 5.32 Å². The zero-order valence-electron chi connectivity index (χ0n) is 12.2. The Labute approximate surface area is 112 Å². The molecule has 1 rings (SSSR count). The molecule has 1 saturated heterocycles. The second-order valence-electron chi connectivity index (χ2n) is 6.54. The van der Waals surface area contributed by atoms with Crippen molar-refractivity contribution in [1.82, 2.24) is 10.2 Å². The first-order valence-electron chi connectivity index (χ1n) is 6.82. The van der Waals surface area contributed by atoms with Gasteiger partial charge in [0.1, 0.15) is 0 Å². The Bertz CT molecular complexity index is 346. The highest BCUT2D eigenvalue weighted by Gasteiger charge is 2.27. The van der Waals surface area contributed by atoms with Gasteiger partial charge in [0.05, 0.1) is 11.5 Å². The van der Waals surface area contributed by atoms with Crippen molar-refractivity contribution in [3.05, 3.63) is 0 Å². The molecule has 18 heavy (non-hydrogen) atoms. The molecule has 1 aliphatic heterocycles. The molecule has 108 valence electrons. The van der Waals surface area contributed by atoms with Gasteiger partial charge in [0, 0.05) is 18.6 Å². The third-order valence-electron chi connectivity index (χ3n) is 3.39. The van der Waals surface area contributed by atoms with E-state index < -0.39 is 9.84 Å². The van der Waals surface area contributed by atoms with Crippen LogP contribution in [-0.2, 0) is 9.84 Å². The number of hydrogen-bond acceptors (Lipinski definition) is 4. The number of hydrogen-bond donors (Lipinski definition) is 1. The predicted octanol–water partition coefficient (Wildman–Crippen LogP) is 1.13. The van der Waals surface area contributed by atoms with E-state index in [9.17, 15) is 8.42 Å². The second-order valence-corrected chi connectivity index (χ2v) is 8.77. The zero-order valence-corrected chi connectivity index (χ0v) is 13.0. The van der Waals surface area contributed by atoms with Crippen molar-refractivity contribution >= 4 is 9.84 Å². The van der Waals surface area contributed by atoms with Crippen molar-refractivity contribution in [2.75, 3.05) is 38.2 Å². The van der Waals surface area contributed by atoms with E-state index >= 15 is 0 Å². The molecule has 0 amide bonds. The summed E-state index contributed by atoms with van der Waals surface area (Å²) >= 11 is 0. The molecule has 1 unspecified atom stereocenters. The first kappa shape index (κ1) is 15.9. The predicted molar refractivity (Wildman–Crippen MR) is 76.6 cm³/mol. The van der Waals surface area contributed by atoms with Crippen molar-refractivity contribution in [3.8, 4) is 0 Å². The van der Waals surface area contributed by atoms with Gasteiger partial charge in [0.2, 0.25) is 0 Å². The number of nitrogens with one attached hydrogen (secondary N) is 1. The molecule has 1 N–H and O–H groups in total. The lowest BCUT2D eigenvalue weighted by atomic mass is 10.1. The number of rotatable bonds is 6. The van der Waals surface area contributed by atoms with E-state index in [0.717, 1.165) is 32.5 Å². The minimum Gasteiger partial charge on any atom is -0.311 e. The fourth-order valence-corrected chi connectivity index (χ4v) is 4.15. The van der Waals surface area contributed by atoms with E-state index in [1.54, 1.807) is 0 Å². The lowest BCUT2D eigenvalue weighted by Gasteiger charge is -2.24. The minimum absolute atomic E-state index is 0.167. The quantitative estimate of drug-likeness (QED) is 0.790. The van der Waals surface area contributed by atoms with Crippen LogP contribution >= 0.6 is 0 Å². The first-order chi connectivity index (χ1) is 8.18. The van der Waals surface area contributed by atoms with Crippen LogP contribution in [0.2, 0.25) is 0 Å². The van der Waals surface area contributed by atoms with Gasteiger partial charge >= 0.3 is 0 Å². The van der Waals surface area contributed by atoms with Crippen molar-refractivity contribution in [1.29, 1.82) is 0 Å². The minimum atomic E-state index is -2.71. The summed E-state index contributed by atoms with van der Waals surface area (Å²) in [5.74, 6) is 1.18. The molecule has 0 aromatic heterocycles. The van der Waals surface area contributed by atoms with E-state index in [2.05, 4.69) is 38.0 Å². The molecular formula is C13H28N2O2S. The largest absolute Gasteiger partial charge is 0.311 e. The summed E-state index contributed by atoms with van der Waals surface area (Å²) in [7, 11) is -0.606. The van der Waals surface area contributed by atoms with Crippen LogP contribution in [0.15, 0.2) is 0 Å². The maximum atomic E-state index is 11.3. The Morgan fingerprint density at radius 3 is 2.44 bits per heavy atom. The SMILES string of the molecule is CN(CCNC(C)(C)C)CCC1CCS(=O)(=O)C1. The van der Waals surface area contributed by atoms with Crippen LogP contribution in [0.1, 0.15) is 33.6 Å². The summed E-state index contributed by atoms with van der Waals surface area (Å²) in [6, 6.07) is 0. The molecule has 1 heterocycles. The summed E-state index contributed by atoms with van der Waals surface area (Å²) in [5.41, 5.74) is 0.167. The molecule has 1 atom stereocenters. The van der Waals surface area contributed by atoms with Gasteiger partial charge in [-0.3, -0.25) is 0 Å². The van der Waals surface area contributed by atoms with Crippen molar-refractivity contribution in [2.45, 2.75) is 39.2 Å². The Kier molecular flexibility index (Phi) is 5.62. The van der Waals surface area contributed by atoms with E-state index in [-0.39, 0.29) is 5.54 Å². The maximum Gasteiger partial charge on any atom is 0.150 e. The normalized spacial score (nSPS) is 23.7. The van der Waals surface area contributed by atoms with Gasteiger partial charge < -0.3 is 10.2 Å². The number of nitrogens with zero attached hydrogens (tertiary/aromatic N) is 1. The van der Waals surface area contributed by atoms with Crippen LogP contribution in [0.5, 0.6) is 0 Å². The molecule has 5 heteroatoms. The molecular weight excluding hydrogens is 248 g/mol. The summed E-state index contributed by atoms with van der Waals surface area (Å²) in [5, 5.41) is 3.46. The van der Waals surface area contributed by atoms with Gasteiger partial charge in [0.25, 0.3) is 0 Å². The number of sulfone groups is 1. The second kappa shape index (κ2) is 6.35. The maximum absolute atomic E-state index is 11.3. The van der Waals surface area contributed by atoms with Gasteiger partial charge in [-0.05, 0) is 53.1 Å². The van der Waals surface area contributed by atoms with E-state index in [1.807, 2.05) is 0 Å². The standard InChI is InChI=1S/C13H28N2O2S/c1-13(2,3)14-7-9-15(4)8-5-12-6-10-18(16,17)11-12/h12,14H,5-11H2,1-4H3. The number of likely N-dealkylation sites (N-methyl/N-ethyl adjacent to an activating group) is 1. The van der Waals surface area contributed by atoms with Crippen molar-refractivity contribution in [3.63, 3.8) is 0 Å². The third-order valence-corrected chi connectivity index (χ3v) is 5.23. The van der Waals surface area contributed by atoms with Crippen LogP contribution in [0.25, 0.3) is 0 Å². The fraction of sp³-hybridized carbons (Fsp3) is 1.00. The summed E-state index contributed by atoms with van der Waals surface area (Å²) in [4.78, 5) is 2.28. The average Bonchev–Trinajstić information content (AvgIpc) is 2.53. The van der Waals surface area contributed by atoms with Gasteiger partial charge in [-0.1, -0.05) is 0 Å². The van der Waals surface area contributed by atoms with E-state index in [0.29, 0.717) is 17.4 Å². The lowest BCUT2D eigenvalue weighted by molar-refractivity contribution is 0.290. The van der Waals surface area contributed by atoms with Crippen molar-refractivity contribution in [2.24, 2.45) is 5.92 Å². The van der Waals surface area contributed by atoms with E-state index in [4.69, 9.17) is 0 Å². The van der Waals surface area contributed by atoms with Gasteiger partial charge in [-0.25, -0.2) is 8.42 Å². The molecule has 0 bridgehead atoms. The third kappa shape index (κ3) is 6.71. The Morgan fingerprint density at radius 1 is 1.28 bits per heavy atom. The summed E-state index contributed by atoms with van der Waals surface area (Å²) < 4.78 is 22.7. The molecule has 0 aromatic rings. The highest BCUT2D eigenvalue weighted by atomic mass is 32.2. The molecule has 1 fully saturated rings. The van der Waals surface area contributed by atoms with Gasteiger partial charge in [-0.15, -0.1) is 0 Å². The topological polar surface area (TPSA) is 49.4 Å². The summed E-state index contributed by atoms with van der Waals surface area (Å²) in [6.07, 6.45) is 1.86. The van der Waals surface area contributed by atoms with Crippen LogP contribution in [0.3, 0.4) is 0 Å². The van der Waals surface area contributed by atoms with Crippen LogP contribution in [0.4, 0.5) is 0 Å². The lowest BCUT2D eigenvalue weighted by Crippen LogP contribution is -2.40.